The van der Waals surface area contributed by atoms with Crippen LogP contribution in [0.2, 0.25) is 0 Å². The first-order chi connectivity index (χ1) is 8.47. The molecule has 1 aliphatic heterocycles. The summed E-state index contributed by atoms with van der Waals surface area (Å²) >= 11 is 0. The van der Waals surface area contributed by atoms with Crippen molar-refractivity contribution < 1.29 is 4.74 Å². The molecule has 1 aliphatic rings. The van der Waals surface area contributed by atoms with Crippen LogP contribution in [0.25, 0.3) is 0 Å². The molecule has 0 aromatic carbocycles. The van der Waals surface area contributed by atoms with Crippen LogP contribution in [-0.4, -0.2) is 31.3 Å². The second-order valence-corrected chi connectivity index (χ2v) is 5.47. The first-order valence-corrected chi connectivity index (χ1v) is 6.81. The fraction of sp³-hybridized carbons (Fsp3) is 0.786. The Hall–Kier alpha value is -1.03. The minimum absolute atomic E-state index is 0.383. The van der Waals surface area contributed by atoms with E-state index in [0.717, 1.165) is 37.3 Å². The Bertz CT molecular complexity index is 291. The van der Waals surface area contributed by atoms with Gasteiger partial charge >= 0.3 is 0 Å². The van der Waals surface area contributed by atoms with E-state index in [9.17, 15) is 0 Å². The molecule has 0 aromatic rings. The Balaban J connectivity index is 2.20. The minimum atomic E-state index is 0.383. The highest BCUT2D eigenvalue weighted by molar-refractivity contribution is 5.77. The average Bonchev–Trinajstić information content (AvgIpc) is 2.25. The molecule has 2 atom stereocenters. The number of hydrogen-bond acceptors (Lipinski definition) is 2. The van der Waals surface area contributed by atoms with Gasteiger partial charge in [-0.1, -0.05) is 12.2 Å². The van der Waals surface area contributed by atoms with Crippen molar-refractivity contribution in [3.8, 4) is 0 Å². The van der Waals surface area contributed by atoms with Gasteiger partial charge in [0.1, 0.15) is 0 Å². The average molecular weight is 253 g/mol. The summed E-state index contributed by atoms with van der Waals surface area (Å²) in [6.45, 7) is 11.5. The summed E-state index contributed by atoms with van der Waals surface area (Å²) in [5.41, 5.74) is 6.79. The number of nitrogens with one attached hydrogen (secondary N) is 1. The highest BCUT2D eigenvalue weighted by atomic mass is 16.5. The van der Waals surface area contributed by atoms with Gasteiger partial charge in [0, 0.05) is 6.54 Å². The van der Waals surface area contributed by atoms with Gasteiger partial charge in [0.15, 0.2) is 5.96 Å². The van der Waals surface area contributed by atoms with Gasteiger partial charge in [-0.25, -0.2) is 4.99 Å². The van der Waals surface area contributed by atoms with E-state index >= 15 is 0 Å². The van der Waals surface area contributed by atoms with Gasteiger partial charge in [0.2, 0.25) is 0 Å². The highest BCUT2D eigenvalue weighted by Gasteiger charge is 2.23. The third-order valence-corrected chi connectivity index (χ3v) is 3.17. The first kappa shape index (κ1) is 15.0. The van der Waals surface area contributed by atoms with Crippen molar-refractivity contribution in [1.29, 1.82) is 0 Å². The molecule has 4 heteroatoms. The number of aliphatic imine (C=N–C) groups is 1. The van der Waals surface area contributed by atoms with Crippen molar-refractivity contribution in [1.82, 2.24) is 5.32 Å². The maximum Gasteiger partial charge on any atom is 0.188 e. The van der Waals surface area contributed by atoms with Gasteiger partial charge in [-0.15, -0.1) is 0 Å². The molecular weight excluding hydrogens is 226 g/mol. The maximum absolute atomic E-state index is 5.77. The summed E-state index contributed by atoms with van der Waals surface area (Å²) in [7, 11) is 0. The fourth-order valence-electron chi connectivity index (χ4n) is 2.46. The molecule has 3 N–H and O–H groups in total. The maximum atomic E-state index is 5.77. The summed E-state index contributed by atoms with van der Waals surface area (Å²) in [6.07, 6.45) is 4.19. The lowest BCUT2D eigenvalue weighted by Gasteiger charge is -2.32. The van der Waals surface area contributed by atoms with Gasteiger partial charge in [0.25, 0.3) is 0 Å². The summed E-state index contributed by atoms with van der Waals surface area (Å²) in [6, 6.07) is 0. The second-order valence-electron chi connectivity index (χ2n) is 5.47. The molecule has 1 heterocycles. The largest absolute Gasteiger partial charge is 0.376 e. The highest BCUT2D eigenvalue weighted by Crippen LogP contribution is 2.26. The lowest BCUT2D eigenvalue weighted by atomic mass is 9.90. The van der Waals surface area contributed by atoms with E-state index in [1.54, 1.807) is 0 Å². The molecule has 0 spiro atoms. The molecule has 18 heavy (non-hydrogen) atoms. The molecule has 0 radical (unpaired) electrons. The molecule has 4 nitrogen and oxygen atoms in total. The zero-order valence-electron chi connectivity index (χ0n) is 11.9. The van der Waals surface area contributed by atoms with Gasteiger partial charge < -0.3 is 15.8 Å². The Labute approximate surface area is 111 Å². The van der Waals surface area contributed by atoms with E-state index in [2.05, 4.69) is 30.7 Å². The number of hydrogen-bond donors (Lipinski definition) is 2. The molecule has 0 saturated carbocycles. The fourth-order valence-corrected chi connectivity index (χ4v) is 2.46. The van der Waals surface area contributed by atoms with Crippen LogP contribution >= 0.6 is 0 Å². The molecule has 104 valence electrons. The van der Waals surface area contributed by atoms with Crippen molar-refractivity contribution in [2.45, 2.75) is 52.2 Å². The van der Waals surface area contributed by atoms with E-state index in [4.69, 9.17) is 10.5 Å². The predicted molar refractivity (Wildman–Crippen MR) is 76.7 cm³/mol. The summed E-state index contributed by atoms with van der Waals surface area (Å²) in [4.78, 5) is 4.20. The molecule has 1 fully saturated rings. The van der Waals surface area contributed by atoms with E-state index in [1.165, 1.54) is 0 Å². The van der Waals surface area contributed by atoms with Crippen molar-refractivity contribution in [3.05, 3.63) is 12.2 Å². The van der Waals surface area contributed by atoms with Crippen molar-refractivity contribution in [2.24, 2.45) is 16.6 Å². The van der Waals surface area contributed by atoms with Crippen LogP contribution in [0.15, 0.2) is 17.1 Å². The molecule has 0 amide bonds. The molecule has 1 saturated heterocycles. The van der Waals surface area contributed by atoms with E-state index < -0.39 is 0 Å². The van der Waals surface area contributed by atoms with Gasteiger partial charge in [-0.3, -0.25) is 0 Å². The molecule has 1 rings (SSSR count). The Morgan fingerprint density at radius 3 is 2.56 bits per heavy atom. The van der Waals surface area contributed by atoms with Crippen LogP contribution in [0.3, 0.4) is 0 Å². The van der Waals surface area contributed by atoms with Crippen LogP contribution < -0.4 is 11.1 Å². The van der Waals surface area contributed by atoms with Crippen LogP contribution in [0.4, 0.5) is 0 Å². The van der Waals surface area contributed by atoms with Crippen LogP contribution in [0.1, 0.15) is 40.0 Å². The molecule has 0 aliphatic carbocycles. The monoisotopic (exact) mass is 253 g/mol. The lowest BCUT2D eigenvalue weighted by molar-refractivity contribution is -0.0530. The molecule has 0 bridgehead atoms. The predicted octanol–water partition coefficient (Wildman–Crippen LogP) is 2.06. The van der Waals surface area contributed by atoms with Crippen LogP contribution in [0, 0.1) is 5.92 Å². The van der Waals surface area contributed by atoms with E-state index in [0.29, 0.717) is 24.7 Å². The molecular formula is C14H27N3O. The smallest absolute Gasteiger partial charge is 0.188 e. The van der Waals surface area contributed by atoms with Crippen molar-refractivity contribution in [2.75, 3.05) is 13.1 Å². The standard InChI is InChI=1S/C14H27N3O/c1-10(2)9-17-14(15)16-6-5-13-7-11(3)18-12(4)8-13/h11-13H,1,5-9H2,2-4H3,(H3,15,16,17). The minimum Gasteiger partial charge on any atom is -0.376 e. The SMILES string of the molecule is C=C(C)CN=C(N)NCCC1CC(C)OC(C)C1. The third kappa shape index (κ3) is 6.05. The molecule has 2 unspecified atom stereocenters. The first-order valence-electron chi connectivity index (χ1n) is 6.81. The number of guanidine groups is 1. The van der Waals surface area contributed by atoms with E-state index in [-0.39, 0.29) is 0 Å². The van der Waals surface area contributed by atoms with Crippen LogP contribution in [-0.2, 0) is 4.74 Å². The number of nitrogens with zero attached hydrogens (tertiary/aromatic N) is 1. The zero-order chi connectivity index (χ0) is 13.5. The molecule has 0 aromatic heterocycles. The van der Waals surface area contributed by atoms with Crippen LogP contribution in [0.5, 0.6) is 0 Å². The quantitative estimate of drug-likeness (QED) is 0.448. The van der Waals surface area contributed by atoms with Crippen molar-refractivity contribution >= 4 is 5.96 Å². The topological polar surface area (TPSA) is 59.6 Å². The number of rotatable bonds is 5. The number of nitrogens with two attached hydrogens (primary N) is 1. The van der Waals surface area contributed by atoms with Gasteiger partial charge in [-0.05, 0) is 46.0 Å². The Morgan fingerprint density at radius 2 is 2.00 bits per heavy atom. The van der Waals surface area contributed by atoms with Crippen molar-refractivity contribution in [3.63, 3.8) is 0 Å². The third-order valence-electron chi connectivity index (χ3n) is 3.17. The normalized spacial score (nSPS) is 29.1. The number of ether oxygens (including phenoxy) is 1. The second kappa shape index (κ2) is 7.41. The summed E-state index contributed by atoms with van der Waals surface area (Å²) < 4.78 is 5.73. The van der Waals surface area contributed by atoms with Gasteiger partial charge in [-0.2, -0.15) is 0 Å². The Kier molecular flexibility index (Phi) is 6.19. The summed E-state index contributed by atoms with van der Waals surface area (Å²) in [5.74, 6) is 1.25. The van der Waals surface area contributed by atoms with Gasteiger partial charge in [0.05, 0.1) is 18.8 Å². The Morgan fingerprint density at radius 1 is 1.39 bits per heavy atom. The lowest BCUT2D eigenvalue weighted by Crippen LogP contribution is -2.35. The van der Waals surface area contributed by atoms with E-state index in [1.807, 2.05) is 6.92 Å². The summed E-state index contributed by atoms with van der Waals surface area (Å²) in [5, 5.41) is 3.16. The zero-order valence-corrected chi connectivity index (χ0v) is 11.9.